The van der Waals surface area contributed by atoms with Crippen molar-refractivity contribution in [2.75, 3.05) is 0 Å². The minimum Gasteiger partial charge on any atom is -0.0613 e. The summed E-state index contributed by atoms with van der Waals surface area (Å²) >= 11 is 0. The molecule has 0 fully saturated rings. The highest BCUT2D eigenvalue weighted by Gasteiger charge is 2.03. The zero-order valence-corrected chi connectivity index (χ0v) is 14.3. The van der Waals surface area contributed by atoms with Gasteiger partial charge in [0.05, 0.1) is 0 Å². The van der Waals surface area contributed by atoms with Crippen molar-refractivity contribution < 1.29 is 0 Å². The minimum absolute atomic E-state index is 1.09. The molecule has 0 unspecified atom stereocenters. The van der Waals surface area contributed by atoms with Gasteiger partial charge in [-0.15, -0.1) is 0 Å². The Morgan fingerprint density at radius 2 is 1.04 bits per heavy atom. The summed E-state index contributed by atoms with van der Waals surface area (Å²) in [7, 11) is 0. The van der Waals surface area contributed by atoms with Crippen molar-refractivity contribution in [1.29, 1.82) is 0 Å². The van der Waals surface area contributed by atoms with Crippen molar-refractivity contribution in [3.63, 3.8) is 0 Å². The van der Waals surface area contributed by atoms with Gasteiger partial charge in [-0.3, -0.25) is 0 Å². The molecule has 0 saturated carbocycles. The van der Waals surface area contributed by atoms with E-state index in [4.69, 9.17) is 0 Å². The molecule has 0 aliphatic heterocycles. The molecule has 3 aromatic carbocycles. The van der Waals surface area contributed by atoms with Crippen LogP contribution in [0.5, 0.6) is 0 Å². The first kappa shape index (κ1) is 15.6. The van der Waals surface area contributed by atoms with Gasteiger partial charge in [-0.1, -0.05) is 80.6 Å². The molecule has 0 spiro atoms. The normalized spacial score (nSPS) is 10.7. The van der Waals surface area contributed by atoms with Gasteiger partial charge in [-0.2, -0.15) is 0 Å². The van der Waals surface area contributed by atoms with E-state index in [2.05, 4.69) is 87.5 Å². The van der Waals surface area contributed by atoms with E-state index in [1.165, 1.54) is 38.9 Å². The number of hydrogen-bond donors (Lipinski definition) is 0. The lowest BCUT2D eigenvalue weighted by Crippen LogP contribution is -1.88. The Kier molecular flexibility index (Phi) is 4.62. The largest absolute Gasteiger partial charge is 0.0613 e. The van der Waals surface area contributed by atoms with Gasteiger partial charge in [0.25, 0.3) is 0 Å². The van der Waals surface area contributed by atoms with Crippen LogP contribution in [0.15, 0.2) is 66.7 Å². The van der Waals surface area contributed by atoms with Gasteiger partial charge in [0.1, 0.15) is 0 Å². The van der Waals surface area contributed by atoms with E-state index in [9.17, 15) is 0 Å². The number of hydrogen-bond acceptors (Lipinski definition) is 0. The lowest BCUT2D eigenvalue weighted by Gasteiger charge is -2.09. The van der Waals surface area contributed by atoms with E-state index in [0.29, 0.717) is 0 Å². The van der Waals surface area contributed by atoms with E-state index < -0.39 is 0 Å². The summed E-state index contributed by atoms with van der Waals surface area (Å²) in [5.41, 5.74) is 9.34. The first-order valence-electron chi connectivity index (χ1n) is 8.50. The summed E-state index contributed by atoms with van der Waals surface area (Å²) in [6, 6.07) is 24.5. The lowest BCUT2D eigenvalue weighted by molar-refractivity contribution is 1.11. The molecule has 0 heterocycles. The predicted octanol–water partition coefficient (Wildman–Crippen LogP) is 6.45. The molecule has 0 aliphatic carbocycles. The Labute approximate surface area is 139 Å². The highest BCUT2D eigenvalue weighted by molar-refractivity contribution is 5.71. The first-order chi connectivity index (χ1) is 11.2. The highest BCUT2D eigenvalue weighted by Crippen LogP contribution is 2.26. The molecule has 116 valence electrons. The summed E-state index contributed by atoms with van der Waals surface area (Å²) in [4.78, 5) is 0. The van der Waals surface area contributed by atoms with Crippen LogP contribution in [0.25, 0.3) is 22.3 Å². The van der Waals surface area contributed by atoms with Crippen molar-refractivity contribution >= 4 is 0 Å². The van der Waals surface area contributed by atoms with Gasteiger partial charge in [0.2, 0.25) is 0 Å². The Morgan fingerprint density at radius 3 is 1.52 bits per heavy atom. The van der Waals surface area contributed by atoms with Crippen LogP contribution in [0.4, 0.5) is 0 Å². The van der Waals surface area contributed by atoms with Crippen molar-refractivity contribution in [2.45, 2.75) is 33.6 Å². The van der Waals surface area contributed by atoms with Crippen LogP contribution in [0.1, 0.15) is 30.5 Å². The maximum atomic E-state index is 2.30. The van der Waals surface area contributed by atoms with Crippen LogP contribution in [0.3, 0.4) is 0 Å². The van der Waals surface area contributed by atoms with E-state index in [1.807, 2.05) is 0 Å². The Balaban J connectivity index is 1.87. The monoisotopic (exact) mass is 300 g/mol. The van der Waals surface area contributed by atoms with Gasteiger partial charge >= 0.3 is 0 Å². The van der Waals surface area contributed by atoms with Gasteiger partial charge in [-0.05, 0) is 58.7 Å². The third-order valence-electron chi connectivity index (χ3n) is 4.64. The van der Waals surface area contributed by atoms with Gasteiger partial charge in [0.15, 0.2) is 0 Å². The van der Waals surface area contributed by atoms with Gasteiger partial charge in [0, 0.05) is 0 Å². The van der Waals surface area contributed by atoms with Crippen LogP contribution in [-0.4, -0.2) is 0 Å². The zero-order valence-electron chi connectivity index (χ0n) is 14.3. The molecule has 3 aromatic rings. The second-order valence-corrected chi connectivity index (χ2v) is 6.12. The molecule has 0 amide bonds. The third-order valence-corrected chi connectivity index (χ3v) is 4.64. The second kappa shape index (κ2) is 6.83. The minimum atomic E-state index is 1.09. The van der Waals surface area contributed by atoms with Crippen LogP contribution < -0.4 is 0 Å². The quantitative estimate of drug-likeness (QED) is 0.519. The molecule has 0 aromatic heterocycles. The fourth-order valence-corrected chi connectivity index (χ4v) is 3.06. The third kappa shape index (κ3) is 3.37. The van der Waals surface area contributed by atoms with Crippen molar-refractivity contribution in [2.24, 2.45) is 0 Å². The van der Waals surface area contributed by atoms with Crippen LogP contribution in [0.2, 0.25) is 0 Å². The number of rotatable bonds is 4. The predicted molar refractivity (Wildman–Crippen MR) is 101 cm³/mol. The molecule has 0 heteroatoms. The SMILES string of the molecule is CCc1ccc(-c2ccc(-c3ccc(CC)c(C)c3)cc2)cc1. The average Bonchev–Trinajstić information content (AvgIpc) is 2.62. The molecule has 3 rings (SSSR count). The maximum Gasteiger partial charge on any atom is -0.0181 e. The van der Waals surface area contributed by atoms with Gasteiger partial charge < -0.3 is 0 Å². The zero-order chi connectivity index (χ0) is 16.2. The Hall–Kier alpha value is -2.34. The van der Waals surface area contributed by atoms with E-state index in [0.717, 1.165) is 12.8 Å². The van der Waals surface area contributed by atoms with Crippen molar-refractivity contribution in [3.05, 3.63) is 83.4 Å². The highest BCUT2D eigenvalue weighted by atomic mass is 14.1. The topological polar surface area (TPSA) is 0 Å². The fourth-order valence-electron chi connectivity index (χ4n) is 3.06. The molecular weight excluding hydrogens is 276 g/mol. The molecule has 0 saturated heterocycles. The molecule has 23 heavy (non-hydrogen) atoms. The van der Waals surface area contributed by atoms with Crippen LogP contribution in [0, 0.1) is 6.92 Å². The fraction of sp³-hybridized carbons (Fsp3) is 0.217. The average molecular weight is 300 g/mol. The lowest BCUT2D eigenvalue weighted by atomic mass is 9.96. The van der Waals surface area contributed by atoms with Crippen molar-refractivity contribution in [3.8, 4) is 22.3 Å². The molecule has 0 atom stereocenters. The number of benzene rings is 3. The van der Waals surface area contributed by atoms with E-state index in [1.54, 1.807) is 0 Å². The summed E-state index contributed by atoms with van der Waals surface area (Å²) in [6.45, 7) is 6.60. The maximum absolute atomic E-state index is 2.30. The molecule has 0 nitrogen and oxygen atoms in total. The van der Waals surface area contributed by atoms with Crippen LogP contribution in [-0.2, 0) is 12.8 Å². The van der Waals surface area contributed by atoms with Crippen LogP contribution >= 0.6 is 0 Å². The standard InChI is InChI=1S/C23H24/c1-4-18-6-8-20(9-7-18)21-11-13-22(14-12-21)23-15-10-19(5-2)17(3)16-23/h6-16H,4-5H2,1-3H3. The first-order valence-corrected chi connectivity index (χ1v) is 8.50. The molecule has 0 aliphatic rings. The van der Waals surface area contributed by atoms with Crippen molar-refractivity contribution in [1.82, 2.24) is 0 Å². The second-order valence-electron chi connectivity index (χ2n) is 6.12. The van der Waals surface area contributed by atoms with E-state index in [-0.39, 0.29) is 0 Å². The summed E-state index contributed by atoms with van der Waals surface area (Å²) < 4.78 is 0. The summed E-state index contributed by atoms with van der Waals surface area (Å²) in [6.07, 6.45) is 2.19. The van der Waals surface area contributed by atoms with Gasteiger partial charge in [-0.25, -0.2) is 0 Å². The number of aryl methyl sites for hydroxylation is 3. The molecule has 0 radical (unpaired) electrons. The molecule has 0 bridgehead atoms. The molecule has 0 N–H and O–H groups in total. The van der Waals surface area contributed by atoms with E-state index >= 15 is 0 Å². The smallest absolute Gasteiger partial charge is 0.0181 e. The summed E-state index contributed by atoms with van der Waals surface area (Å²) in [5.74, 6) is 0. The summed E-state index contributed by atoms with van der Waals surface area (Å²) in [5, 5.41) is 0. The molecular formula is C23H24. The Bertz CT molecular complexity index is 777. The Morgan fingerprint density at radius 1 is 0.565 bits per heavy atom.